The molecule has 0 aliphatic heterocycles. The van der Waals surface area contributed by atoms with Gasteiger partial charge in [-0.05, 0) is 43.2 Å². The Morgan fingerprint density at radius 1 is 1.32 bits per heavy atom. The van der Waals surface area contributed by atoms with E-state index in [4.69, 9.17) is 0 Å². The maximum absolute atomic E-state index is 14.2. The fourth-order valence-corrected chi connectivity index (χ4v) is 4.20. The van der Waals surface area contributed by atoms with Gasteiger partial charge in [-0.1, -0.05) is 28.8 Å². The van der Waals surface area contributed by atoms with Crippen molar-refractivity contribution in [2.24, 2.45) is 0 Å². The number of amides is 1. The summed E-state index contributed by atoms with van der Waals surface area (Å²) < 4.78 is 16.8. The van der Waals surface area contributed by atoms with Crippen molar-refractivity contribution < 1.29 is 14.3 Å². The number of hydrogen-bond acceptors (Lipinski definition) is 3. The van der Waals surface area contributed by atoms with E-state index in [1.807, 2.05) is 10.6 Å². The topological polar surface area (TPSA) is 67.2 Å². The number of pyridine rings is 1. The molecule has 1 aliphatic rings. The molecular weight excluding hydrogens is 425 g/mol. The zero-order valence-electron chi connectivity index (χ0n) is 15.2. The van der Waals surface area contributed by atoms with Crippen molar-refractivity contribution in [1.82, 2.24) is 14.9 Å². The Balaban J connectivity index is 1.66. The minimum absolute atomic E-state index is 0.245. The minimum Gasteiger partial charge on any atom is -0.391 e. The molecule has 2 atom stereocenters. The van der Waals surface area contributed by atoms with E-state index < -0.39 is 6.10 Å². The van der Waals surface area contributed by atoms with Crippen LogP contribution in [0.15, 0.2) is 47.2 Å². The molecular formula is C21H21BrFN3O2. The van der Waals surface area contributed by atoms with Crippen LogP contribution in [0.1, 0.15) is 41.6 Å². The molecule has 28 heavy (non-hydrogen) atoms. The molecule has 4 rings (SSSR count). The summed E-state index contributed by atoms with van der Waals surface area (Å²) in [4.78, 5) is 17.3. The van der Waals surface area contributed by atoms with Crippen LogP contribution in [-0.4, -0.2) is 32.7 Å². The summed E-state index contributed by atoms with van der Waals surface area (Å²) in [6.07, 6.45) is 6.27. The molecule has 0 bridgehead atoms. The summed E-state index contributed by atoms with van der Waals surface area (Å²) in [6, 6.07) is 8.22. The normalized spacial score (nSPS) is 19.7. The van der Waals surface area contributed by atoms with Crippen LogP contribution in [0.3, 0.4) is 0 Å². The van der Waals surface area contributed by atoms with E-state index in [9.17, 15) is 14.3 Å². The van der Waals surface area contributed by atoms with Gasteiger partial charge in [0, 0.05) is 22.4 Å². The van der Waals surface area contributed by atoms with E-state index in [1.165, 1.54) is 6.07 Å². The standard InChI is InChI=1S/C21H21BrFN3O2/c22-14-7-8-16(23)13(10-14)11-26-12-15(20-18(26)5-3-9-24-20)21(28)25-17-4-1-2-6-19(17)27/h3,5,7-10,12,17,19,27H,1-2,4,6,11H2,(H,25,28). The number of benzene rings is 1. The largest absolute Gasteiger partial charge is 0.391 e. The first-order chi connectivity index (χ1) is 13.5. The average molecular weight is 446 g/mol. The van der Waals surface area contributed by atoms with Gasteiger partial charge in [0.2, 0.25) is 0 Å². The highest BCUT2D eigenvalue weighted by atomic mass is 79.9. The van der Waals surface area contributed by atoms with Gasteiger partial charge in [-0.25, -0.2) is 4.39 Å². The number of carbonyl (C=O) groups is 1. The van der Waals surface area contributed by atoms with Crippen molar-refractivity contribution in [2.45, 2.75) is 44.4 Å². The number of carbonyl (C=O) groups excluding carboxylic acids is 1. The number of aromatic nitrogens is 2. The first-order valence-corrected chi connectivity index (χ1v) is 10.2. The van der Waals surface area contributed by atoms with Crippen molar-refractivity contribution in [3.05, 3.63) is 64.1 Å². The van der Waals surface area contributed by atoms with Crippen molar-refractivity contribution in [2.75, 3.05) is 0 Å². The van der Waals surface area contributed by atoms with Crippen LogP contribution in [0, 0.1) is 5.82 Å². The summed E-state index contributed by atoms with van der Waals surface area (Å²) in [5.74, 6) is -0.562. The van der Waals surface area contributed by atoms with E-state index in [0.717, 1.165) is 29.3 Å². The molecule has 0 saturated heterocycles. The summed E-state index contributed by atoms with van der Waals surface area (Å²) >= 11 is 3.37. The molecule has 2 N–H and O–H groups in total. The molecule has 2 unspecified atom stereocenters. The van der Waals surface area contributed by atoms with Crippen molar-refractivity contribution in [3.8, 4) is 0 Å². The van der Waals surface area contributed by atoms with Crippen LogP contribution in [0.4, 0.5) is 4.39 Å². The summed E-state index contributed by atoms with van der Waals surface area (Å²) in [7, 11) is 0. The van der Waals surface area contributed by atoms with Crippen molar-refractivity contribution in [1.29, 1.82) is 0 Å². The molecule has 1 fully saturated rings. The maximum Gasteiger partial charge on any atom is 0.255 e. The molecule has 3 aromatic rings. The Bertz CT molecular complexity index is 1020. The van der Waals surface area contributed by atoms with Crippen LogP contribution in [0.2, 0.25) is 0 Å². The quantitative estimate of drug-likeness (QED) is 0.637. The SMILES string of the molecule is O=C(NC1CCCCC1O)c1cn(Cc2cc(Br)ccc2F)c2cccnc12. The number of aliphatic hydroxyl groups excluding tert-OH is 1. The number of fused-ring (bicyclic) bond motifs is 1. The molecule has 1 saturated carbocycles. The molecule has 2 aromatic heterocycles. The molecule has 5 nitrogen and oxygen atoms in total. The molecule has 146 valence electrons. The zero-order chi connectivity index (χ0) is 19.7. The average Bonchev–Trinajstić information content (AvgIpc) is 3.05. The molecule has 0 spiro atoms. The van der Waals surface area contributed by atoms with Crippen molar-refractivity contribution >= 4 is 32.9 Å². The van der Waals surface area contributed by atoms with Gasteiger partial charge in [0.05, 0.1) is 29.8 Å². The van der Waals surface area contributed by atoms with Crippen LogP contribution >= 0.6 is 15.9 Å². The third-order valence-electron chi connectivity index (χ3n) is 5.27. The maximum atomic E-state index is 14.2. The van der Waals surface area contributed by atoms with E-state index in [0.29, 0.717) is 23.1 Å². The fraction of sp³-hybridized carbons (Fsp3) is 0.333. The Hall–Kier alpha value is -2.25. The second kappa shape index (κ2) is 8.01. The second-order valence-electron chi connectivity index (χ2n) is 7.21. The highest BCUT2D eigenvalue weighted by molar-refractivity contribution is 9.10. The predicted octanol–water partition coefficient (Wildman–Crippen LogP) is 4.02. The van der Waals surface area contributed by atoms with Gasteiger partial charge in [-0.15, -0.1) is 0 Å². The van der Waals surface area contributed by atoms with Crippen LogP contribution in [0.25, 0.3) is 11.0 Å². The molecule has 1 aliphatic carbocycles. The van der Waals surface area contributed by atoms with E-state index in [2.05, 4.69) is 26.2 Å². The van der Waals surface area contributed by atoms with Gasteiger partial charge in [-0.2, -0.15) is 0 Å². The third-order valence-corrected chi connectivity index (χ3v) is 5.77. The van der Waals surface area contributed by atoms with Crippen molar-refractivity contribution in [3.63, 3.8) is 0 Å². The van der Waals surface area contributed by atoms with Gasteiger partial charge in [-0.3, -0.25) is 9.78 Å². The first kappa shape index (κ1) is 19.1. The lowest BCUT2D eigenvalue weighted by Crippen LogP contribution is -2.45. The highest BCUT2D eigenvalue weighted by Crippen LogP contribution is 2.24. The summed E-state index contributed by atoms with van der Waals surface area (Å²) in [5, 5.41) is 13.1. The third kappa shape index (κ3) is 3.82. The number of hydrogen-bond donors (Lipinski definition) is 2. The lowest BCUT2D eigenvalue weighted by atomic mass is 9.92. The molecule has 1 aromatic carbocycles. The van der Waals surface area contributed by atoms with Gasteiger partial charge in [0.15, 0.2) is 0 Å². The minimum atomic E-state index is -0.519. The highest BCUT2D eigenvalue weighted by Gasteiger charge is 2.26. The Morgan fingerprint density at radius 2 is 2.14 bits per heavy atom. The smallest absolute Gasteiger partial charge is 0.255 e. The molecule has 0 radical (unpaired) electrons. The van der Waals surface area contributed by atoms with Gasteiger partial charge >= 0.3 is 0 Å². The lowest BCUT2D eigenvalue weighted by Gasteiger charge is -2.28. The predicted molar refractivity (Wildman–Crippen MR) is 109 cm³/mol. The Morgan fingerprint density at radius 3 is 2.96 bits per heavy atom. The monoisotopic (exact) mass is 445 g/mol. The van der Waals surface area contributed by atoms with E-state index in [-0.39, 0.29) is 24.3 Å². The molecule has 7 heteroatoms. The molecule has 1 amide bonds. The summed E-state index contributed by atoms with van der Waals surface area (Å²) in [5.41, 5.74) is 2.28. The number of rotatable bonds is 4. The van der Waals surface area contributed by atoms with Gasteiger partial charge in [0.25, 0.3) is 5.91 Å². The van der Waals surface area contributed by atoms with E-state index >= 15 is 0 Å². The van der Waals surface area contributed by atoms with Crippen LogP contribution in [-0.2, 0) is 6.54 Å². The Labute approximate surface area is 170 Å². The first-order valence-electron chi connectivity index (χ1n) is 9.39. The van der Waals surface area contributed by atoms with Gasteiger partial charge in [0.1, 0.15) is 11.3 Å². The number of aliphatic hydroxyl groups is 1. The Kier molecular flexibility index (Phi) is 5.46. The number of nitrogens with one attached hydrogen (secondary N) is 1. The lowest BCUT2D eigenvalue weighted by molar-refractivity contribution is 0.0718. The molecule has 2 heterocycles. The summed E-state index contributed by atoms with van der Waals surface area (Å²) in [6.45, 7) is 0.285. The zero-order valence-corrected chi connectivity index (χ0v) is 16.8. The number of halogens is 2. The van der Waals surface area contributed by atoms with Crippen LogP contribution in [0.5, 0.6) is 0 Å². The number of nitrogens with zero attached hydrogens (tertiary/aromatic N) is 2. The van der Waals surface area contributed by atoms with E-state index in [1.54, 1.807) is 30.6 Å². The van der Waals surface area contributed by atoms with Gasteiger partial charge < -0.3 is 15.0 Å². The second-order valence-corrected chi connectivity index (χ2v) is 8.12. The fourth-order valence-electron chi connectivity index (χ4n) is 3.79. The van der Waals surface area contributed by atoms with Crippen LogP contribution < -0.4 is 5.32 Å².